The first-order chi connectivity index (χ1) is 13.2. The number of benzene rings is 2. The van der Waals surface area contributed by atoms with Gasteiger partial charge in [0.25, 0.3) is 5.91 Å². The number of carbonyl (C=O) groups is 1. The van der Waals surface area contributed by atoms with Crippen LogP contribution in [0, 0.1) is 6.92 Å². The van der Waals surface area contributed by atoms with Crippen LogP contribution in [0.1, 0.15) is 34.5 Å². The van der Waals surface area contributed by atoms with Gasteiger partial charge in [0, 0.05) is 25.7 Å². The fraction of sp³-hybridized carbons (Fsp3) is 0.318. The number of aromatic nitrogens is 2. The molecule has 0 unspecified atom stereocenters. The number of hydrogen-bond acceptors (Lipinski definition) is 4. The molecule has 5 nitrogen and oxygen atoms in total. The monoisotopic (exact) mass is 360 g/mol. The third-order valence-corrected chi connectivity index (χ3v) is 5.26. The zero-order valence-corrected chi connectivity index (χ0v) is 15.6. The summed E-state index contributed by atoms with van der Waals surface area (Å²) in [5, 5.41) is 3.13. The van der Waals surface area contributed by atoms with Crippen molar-refractivity contribution >= 4 is 16.9 Å². The molecule has 3 aromatic rings. The highest BCUT2D eigenvalue weighted by molar-refractivity contribution is 5.93. The number of nitrogens with one attached hydrogen (secondary N) is 1. The second kappa shape index (κ2) is 7.84. The van der Waals surface area contributed by atoms with E-state index in [-0.39, 0.29) is 11.9 Å². The summed E-state index contributed by atoms with van der Waals surface area (Å²) in [4.78, 5) is 23.8. The lowest BCUT2D eigenvalue weighted by Crippen LogP contribution is -2.44. The molecule has 0 saturated carbocycles. The maximum Gasteiger partial charge on any atom is 0.271 e. The number of nitrogens with zero attached hydrogens (tertiary/aromatic N) is 3. The average Bonchev–Trinajstić information content (AvgIpc) is 2.71. The molecule has 0 spiro atoms. The minimum absolute atomic E-state index is 0.134. The minimum Gasteiger partial charge on any atom is -0.348 e. The van der Waals surface area contributed by atoms with E-state index in [1.165, 1.54) is 11.1 Å². The third-order valence-electron chi connectivity index (χ3n) is 5.26. The molecule has 0 radical (unpaired) electrons. The van der Waals surface area contributed by atoms with Gasteiger partial charge in [-0.15, -0.1) is 0 Å². The summed E-state index contributed by atoms with van der Waals surface area (Å²) in [6.45, 7) is 5.11. The van der Waals surface area contributed by atoms with Crippen molar-refractivity contribution in [3.8, 4) is 0 Å². The third kappa shape index (κ3) is 4.14. The standard InChI is InChI=1S/C22H24N4O/c1-16-6-2-3-7-17(16)15-26-12-10-18(11-13-26)24-22(27)21-14-23-19-8-4-5-9-20(19)25-21/h2-9,14,18H,10-13,15H2,1H3,(H,24,27). The largest absolute Gasteiger partial charge is 0.348 e. The van der Waals surface area contributed by atoms with Gasteiger partial charge < -0.3 is 5.32 Å². The Labute approximate surface area is 159 Å². The predicted molar refractivity (Wildman–Crippen MR) is 106 cm³/mol. The molecular weight excluding hydrogens is 336 g/mol. The fourth-order valence-electron chi connectivity index (χ4n) is 3.59. The molecule has 27 heavy (non-hydrogen) atoms. The molecule has 0 aliphatic carbocycles. The molecule has 1 saturated heterocycles. The predicted octanol–water partition coefficient (Wildman–Crippen LogP) is 3.33. The lowest BCUT2D eigenvalue weighted by atomic mass is 10.0. The maximum atomic E-state index is 12.5. The molecule has 0 bridgehead atoms. The second-order valence-electron chi connectivity index (χ2n) is 7.19. The number of hydrogen-bond donors (Lipinski definition) is 1. The summed E-state index contributed by atoms with van der Waals surface area (Å²) in [6, 6.07) is 16.3. The van der Waals surface area contributed by atoms with Crippen molar-refractivity contribution in [3.05, 3.63) is 71.5 Å². The molecule has 4 rings (SSSR count). The normalized spacial score (nSPS) is 15.7. The number of para-hydroxylation sites is 2. The van der Waals surface area contributed by atoms with E-state index in [4.69, 9.17) is 0 Å². The van der Waals surface area contributed by atoms with Crippen molar-refractivity contribution in [2.75, 3.05) is 13.1 Å². The highest BCUT2D eigenvalue weighted by atomic mass is 16.1. The van der Waals surface area contributed by atoms with Crippen LogP contribution in [0.15, 0.2) is 54.7 Å². The highest BCUT2D eigenvalue weighted by Crippen LogP contribution is 2.16. The van der Waals surface area contributed by atoms with E-state index in [2.05, 4.69) is 51.4 Å². The van der Waals surface area contributed by atoms with Crippen molar-refractivity contribution in [3.63, 3.8) is 0 Å². The van der Waals surface area contributed by atoms with Gasteiger partial charge in [0.2, 0.25) is 0 Å². The topological polar surface area (TPSA) is 58.1 Å². The molecule has 1 aliphatic rings. The van der Waals surface area contributed by atoms with E-state index < -0.39 is 0 Å². The first-order valence-electron chi connectivity index (χ1n) is 9.48. The van der Waals surface area contributed by atoms with Crippen LogP contribution in [-0.2, 0) is 6.54 Å². The quantitative estimate of drug-likeness (QED) is 0.775. The lowest BCUT2D eigenvalue weighted by Gasteiger charge is -2.32. The smallest absolute Gasteiger partial charge is 0.271 e. The van der Waals surface area contributed by atoms with Gasteiger partial charge in [-0.3, -0.25) is 14.7 Å². The Balaban J connectivity index is 1.33. The molecule has 2 heterocycles. The van der Waals surface area contributed by atoms with Gasteiger partial charge in [-0.25, -0.2) is 4.98 Å². The van der Waals surface area contributed by atoms with Crippen LogP contribution >= 0.6 is 0 Å². The number of likely N-dealkylation sites (tertiary alicyclic amines) is 1. The average molecular weight is 360 g/mol. The molecule has 0 atom stereocenters. The Morgan fingerprint density at radius 3 is 2.56 bits per heavy atom. The van der Waals surface area contributed by atoms with Gasteiger partial charge in [0.15, 0.2) is 0 Å². The molecule has 1 fully saturated rings. The maximum absolute atomic E-state index is 12.5. The Hall–Kier alpha value is -2.79. The summed E-state index contributed by atoms with van der Waals surface area (Å²) >= 11 is 0. The van der Waals surface area contributed by atoms with Crippen LogP contribution in [0.5, 0.6) is 0 Å². The van der Waals surface area contributed by atoms with Gasteiger partial charge in [0.1, 0.15) is 5.69 Å². The fourth-order valence-corrected chi connectivity index (χ4v) is 3.59. The van der Waals surface area contributed by atoms with Gasteiger partial charge in [-0.05, 0) is 43.0 Å². The molecule has 1 amide bonds. The second-order valence-corrected chi connectivity index (χ2v) is 7.19. The van der Waals surface area contributed by atoms with Crippen molar-refractivity contribution in [2.45, 2.75) is 32.4 Å². The van der Waals surface area contributed by atoms with Gasteiger partial charge >= 0.3 is 0 Å². The first-order valence-corrected chi connectivity index (χ1v) is 9.48. The van der Waals surface area contributed by atoms with Crippen LogP contribution < -0.4 is 5.32 Å². The van der Waals surface area contributed by atoms with E-state index in [0.717, 1.165) is 43.5 Å². The number of fused-ring (bicyclic) bond motifs is 1. The van der Waals surface area contributed by atoms with E-state index in [9.17, 15) is 4.79 Å². The van der Waals surface area contributed by atoms with Gasteiger partial charge in [-0.1, -0.05) is 36.4 Å². The Kier molecular flexibility index (Phi) is 5.12. The highest BCUT2D eigenvalue weighted by Gasteiger charge is 2.22. The summed E-state index contributed by atoms with van der Waals surface area (Å²) in [5.74, 6) is -0.134. The number of aryl methyl sites for hydroxylation is 1. The Bertz CT molecular complexity index is 948. The molecule has 1 aromatic heterocycles. The van der Waals surface area contributed by atoms with E-state index >= 15 is 0 Å². The van der Waals surface area contributed by atoms with Gasteiger partial charge in [-0.2, -0.15) is 0 Å². The van der Waals surface area contributed by atoms with Crippen molar-refractivity contribution in [1.82, 2.24) is 20.2 Å². The number of amides is 1. The Morgan fingerprint density at radius 2 is 1.78 bits per heavy atom. The molecule has 2 aromatic carbocycles. The first kappa shape index (κ1) is 17.6. The zero-order chi connectivity index (χ0) is 18.6. The molecular formula is C22H24N4O. The van der Waals surface area contributed by atoms with Crippen LogP contribution in [0.25, 0.3) is 11.0 Å². The van der Waals surface area contributed by atoms with Crippen LogP contribution in [0.3, 0.4) is 0 Å². The number of piperidine rings is 1. The number of carbonyl (C=O) groups excluding carboxylic acids is 1. The molecule has 1 N–H and O–H groups in total. The summed E-state index contributed by atoms with van der Waals surface area (Å²) in [6.07, 6.45) is 3.47. The van der Waals surface area contributed by atoms with Crippen LogP contribution in [-0.4, -0.2) is 39.9 Å². The Morgan fingerprint density at radius 1 is 1.07 bits per heavy atom. The van der Waals surface area contributed by atoms with Crippen LogP contribution in [0.4, 0.5) is 0 Å². The molecule has 5 heteroatoms. The SMILES string of the molecule is Cc1ccccc1CN1CCC(NC(=O)c2cnc3ccccc3n2)CC1. The summed E-state index contributed by atoms with van der Waals surface area (Å²) < 4.78 is 0. The minimum atomic E-state index is -0.134. The molecule has 138 valence electrons. The van der Waals surface area contributed by atoms with Crippen molar-refractivity contribution in [1.29, 1.82) is 0 Å². The molecule has 1 aliphatic heterocycles. The van der Waals surface area contributed by atoms with E-state index in [0.29, 0.717) is 5.69 Å². The van der Waals surface area contributed by atoms with Crippen molar-refractivity contribution < 1.29 is 4.79 Å². The lowest BCUT2D eigenvalue weighted by molar-refractivity contribution is 0.0904. The summed E-state index contributed by atoms with van der Waals surface area (Å²) in [5.41, 5.74) is 4.65. The number of rotatable bonds is 4. The van der Waals surface area contributed by atoms with E-state index in [1.54, 1.807) is 6.20 Å². The van der Waals surface area contributed by atoms with Gasteiger partial charge in [0.05, 0.1) is 17.2 Å². The summed E-state index contributed by atoms with van der Waals surface area (Å²) in [7, 11) is 0. The van der Waals surface area contributed by atoms with Crippen molar-refractivity contribution in [2.24, 2.45) is 0 Å². The van der Waals surface area contributed by atoms with Crippen LogP contribution in [0.2, 0.25) is 0 Å². The zero-order valence-electron chi connectivity index (χ0n) is 15.6. The van der Waals surface area contributed by atoms with E-state index in [1.807, 2.05) is 24.3 Å².